The van der Waals surface area contributed by atoms with Crippen LogP contribution in [0.5, 0.6) is 0 Å². The number of fused-ring (bicyclic) bond motifs is 7. The van der Waals surface area contributed by atoms with Crippen molar-refractivity contribution >= 4 is 65.6 Å². The van der Waals surface area contributed by atoms with Gasteiger partial charge in [0.05, 0.1) is 0 Å². The fraction of sp³-hybridized carbons (Fsp3) is 0.328. The van der Waals surface area contributed by atoms with Gasteiger partial charge >= 0.3 is 0 Å². The van der Waals surface area contributed by atoms with Gasteiger partial charge in [-0.05, 0) is 205 Å². The van der Waals surface area contributed by atoms with Crippen LogP contribution >= 0.6 is 0 Å². The van der Waals surface area contributed by atoms with E-state index in [2.05, 4.69) is 227 Å². The number of aromatic nitrogens is 2. The van der Waals surface area contributed by atoms with Crippen molar-refractivity contribution in [3.05, 3.63) is 195 Å². The first-order chi connectivity index (χ1) is 33.1. The normalized spacial score (nSPS) is 14.2. The molecule has 0 spiro atoms. The summed E-state index contributed by atoms with van der Waals surface area (Å²) in [5.41, 5.74) is 18.4. The van der Waals surface area contributed by atoms with E-state index in [0.717, 1.165) is 11.8 Å². The predicted molar refractivity (Wildman–Crippen MR) is 302 cm³/mol. The molecule has 2 heteroatoms. The summed E-state index contributed by atoms with van der Waals surface area (Å²) in [6.45, 7) is 29.3. The maximum Gasteiger partial charge on any atom is 0.140 e. The predicted octanol–water partition coefficient (Wildman–Crippen LogP) is 19.2. The lowest BCUT2D eigenvalue weighted by atomic mass is 9.85. The molecule has 1 unspecified atom stereocenters. The molecule has 0 fully saturated rings. The van der Waals surface area contributed by atoms with E-state index < -0.39 is 0 Å². The minimum absolute atomic E-state index is 0.555. The van der Waals surface area contributed by atoms with E-state index in [0.29, 0.717) is 17.8 Å². The molecular weight excluding hydrogens is 833 g/mol. The Kier molecular flexibility index (Phi) is 13.6. The van der Waals surface area contributed by atoms with Crippen LogP contribution in [0.1, 0.15) is 159 Å². The number of pyridine rings is 1. The van der Waals surface area contributed by atoms with Crippen LogP contribution in [0.4, 0.5) is 0 Å². The molecule has 0 saturated heterocycles. The lowest BCUT2D eigenvalue weighted by Crippen LogP contribution is -2.04. The van der Waals surface area contributed by atoms with Gasteiger partial charge in [0.15, 0.2) is 0 Å². The Morgan fingerprint density at radius 3 is 1.80 bits per heavy atom. The molecule has 0 amide bonds. The summed E-state index contributed by atoms with van der Waals surface area (Å²) >= 11 is 0. The first kappa shape index (κ1) is 47.8. The van der Waals surface area contributed by atoms with Gasteiger partial charge in [-0.3, -0.25) is 0 Å². The Labute approximate surface area is 412 Å². The Morgan fingerprint density at radius 2 is 1.10 bits per heavy atom. The highest BCUT2D eigenvalue weighted by Crippen LogP contribution is 2.42. The second-order valence-corrected chi connectivity index (χ2v) is 21.7. The molecule has 12 rings (SSSR count). The summed E-state index contributed by atoms with van der Waals surface area (Å²) in [4.78, 5) is 4.51. The van der Waals surface area contributed by atoms with Gasteiger partial charge in [0.2, 0.25) is 0 Å². The van der Waals surface area contributed by atoms with Crippen molar-refractivity contribution in [2.24, 2.45) is 5.92 Å². The van der Waals surface area contributed by atoms with E-state index in [1.807, 2.05) is 6.20 Å². The van der Waals surface area contributed by atoms with Gasteiger partial charge in [0, 0.05) is 18.1 Å². The standard InChI is InChI=1S/C20H18.C18H20.C15H18.C14H18N2/c1-12(2)16-10-9-15-8-7-14-5-4-6-17-13(3)11-18(16)20(15)19(14)17;1-12(2)14-9-6-10-17-16-8-5-4-7-15(16)13(3)11-18(14)17;1-10(2)13-6-5-7-14-12(4)8-11(3)9-15(13)14;1-9(2)11-4-5-12-13(11)8-10(3)16-7-6-15-14(12)16/h4-12H,1-3H3;4,6-7,9-12H,5,8H2,1-3H3;5-10H,1-4H3;6-9,11H,4-5H2,1-3H3. The van der Waals surface area contributed by atoms with E-state index in [4.69, 9.17) is 0 Å². The van der Waals surface area contributed by atoms with Gasteiger partial charge in [-0.15, -0.1) is 0 Å². The summed E-state index contributed by atoms with van der Waals surface area (Å²) in [5, 5.41) is 14.1. The van der Waals surface area contributed by atoms with E-state index in [1.165, 1.54) is 141 Å². The van der Waals surface area contributed by atoms with Crippen molar-refractivity contribution < 1.29 is 0 Å². The largest absolute Gasteiger partial charge is 0.304 e. The number of imidazole rings is 1. The van der Waals surface area contributed by atoms with Crippen molar-refractivity contribution in [3.63, 3.8) is 0 Å². The number of benzene rings is 8. The lowest BCUT2D eigenvalue weighted by Gasteiger charge is -2.19. The van der Waals surface area contributed by atoms with Crippen molar-refractivity contribution in [2.45, 2.75) is 139 Å². The molecular formula is C67H74N2. The Bertz CT molecular complexity index is 3520. The Hall–Kier alpha value is -6.25. The SMILES string of the molecule is Cc1cc(C)c2cccc(C(C)C)c2c1.Cc1cc2c(C(C)C)ccc3ccc4cccc1c4c32.Cc1cc2c(C(C)C)cccc2c2c1C=CCC2.Cc1cc2c(c3nccn13)CCC2C(C)C. The van der Waals surface area contributed by atoms with E-state index >= 15 is 0 Å². The first-order valence-electron chi connectivity index (χ1n) is 26.0. The summed E-state index contributed by atoms with van der Waals surface area (Å²) < 4.78 is 2.21. The summed E-state index contributed by atoms with van der Waals surface area (Å²) in [6.07, 6.45) is 13.4. The number of aryl methyl sites for hydroxylation is 7. The molecule has 2 aromatic heterocycles. The van der Waals surface area contributed by atoms with E-state index in [9.17, 15) is 0 Å². The molecule has 0 saturated carbocycles. The second kappa shape index (κ2) is 19.6. The number of hydrogen-bond acceptors (Lipinski definition) is 1. The quantitative estimate of drug-likeness (QED) is 0.161. The van der Waals surface area contributed by atoms with Crippen LogP contribution in [0, 0.1) is 40.5 Å². The highest BCUT2D eigenvalue weighted by molar-refractivity contribution is 6.24. The highest BCUT2D eigenvalue weighted by Gasteiger charge is 2.28. The molecule has 2 nitrogen and oxygen atoms in total. The molecule has 352 valence electrons. The fourth-order valence-electron chi connectivity index (χ4n) is 12.0. The maximum absolute atomic E-state index is 4.51. The molecule has 2 heterocycles. The Balaban J connectivity index is 0.000000115. The van der Waals surface area contributed by atoms with Crippen molar-refractivity contribution in [2.75, 3.05) is 0 Å². The van der Waals surface area contributed by atoms with Gasteiger partial charge in [0.1, 0.15) is 5.65 Å². The first-order valence-corrected chi connectivity index (χ1v) is 26.0. The summed E-state index contributed by atoms with van der Waals surface area (Å²) in [7, 11) is 0. The van der Waals surface area contributed by atoms with Crippen molar-refractivity contribution in [1.82, 2.24) is 9.38 Å². The third kappa shape index (κ3) is 9.09. The number of nitrogens with zero attached hydrogens (tertiary/aromatic N) is 2. The Morgan fingerprint density at radius 1 is 0.522 bits per heavy atom. The van der Waals surface area contributed by atoms with Crippen molar-refractivity contribution in [3.8, 4) is 0 Å². The fourth-order valence-corrected chi connectivity index (χ4v) is 12.0. The zero-order valence-corrected chi connectivity index (χ0v) is 43.8. The van der Waals surface area contributed by atoms with Gasteiger partial charge in [-0.1, -0.05) is 176 Å². The minimum atomic E-state index is 0.555. The lowest BCUT2D eigenvalue weighted by molar-refractivity contribution is 0.495. The number of rotatable bonds is 4. The van der Waals surface area contributed by atoms with Crippen LogP contribution < -0.4 is 0 Å². The van der Waals surface area contributed by atoms with Gasteiger partial charge in [0.25, 0.3) is 0 Å². The van der Waals surface area contributed by atoms with Crippen LogP contribution in [-0.4, -0.2) is 9.38 Å². The molecule has 0 aliphatic heterocycles. The molecule has 0 radical (unpaired) electrons. The number of allylic oxidation sites excluding steroid dienone is 1. The summed E-state index contributed by atoms with van der Waals surface area (Å²) in [6, 6.07) is 40.8. The van der Waals surface area contributed by atoms with Crippen LogP contribution in [0.15, 0.2) is 128 Å². The molecule has 69 heavy (non-hydrogen) atoms. The highest BCUT2D eigenvalue weighted by atomic mass is 15.0. The van der Waals surface area contributed by atoms with E-state index in [1.54, 1.807) is 11.1 Å². The van der Waals surface area contributed by atoms with E-state index in [-0.39, 0.29) is 0 Å². The third-order valence-electron chi connectivity index (χ3n) is 15.5. The van der Waals surface area contributed by atoms with Crippen LogP contribution in [-0.2, 0) is 12.8 Å². The minimum Gasteiger partial charge on any atom is -0.304 e. The summed E-state index contributed by atoms with van der Waals surface area (Å²) in [5.74, 6) is 3.20. The van der Waals surface area contributed by atoms with Gasteiger partial charge in [-0.2, -0.15) is 0 Å². The molecule has 8 aromatic carbocycles. The third-order valence-corrected chi connectivity index (χ3v) is 15.5. The molecule has 0 N–H and O–H groups in total. The maximum atomic E-state index is 4.51. The van der Waals surface area contributed by atoms with Gasteiger partial charge < -0.3 is 4.40 Å². The molecule has 2 aliphatic carbocycles. The van der Waals surface area contributed by atoms with Crippen LogP contribution in [0.25, 0.3) is 65.6 Å². The van der Waals surface area contributed by atoms with Crippen LogP contribution in [0.2, 0.25) is 0 Å². The average molecular weight is 907 g/mol. The topological polar surface area (TPSA) is 17.3 Å². The zero-order valence-electron chi connectivity index (χ0n) is 43.8. The van der Waals surface area contributed by atoms with Gasteiger partial charge in [-0.25, -0.2) is 4.98 Å². The monoisotopic (exact) mass is 907 g/mol. The number of hydrogen-bond donors (Lipinski definition) is 0. The molecule has 2 aliphatic rings. The molecule has 1 atom stereocenters. The molecule has 10 aromatic rings. The van der Waals surface area contributed by atoms with Crippen LogP contribution in [0.3, 0.4) is 0 Å². The molecule has 0 bridgehead atoms. The second-order valence-electron chi connectivity index (χ2n) is 21.7. The smallest absolute Gasteiger partial charge is 0.140 e. The zero-order chi connectivity index (χ0) is 48.8. The average Bonchev–Trinajstić information content (AvgIpc) is 4.00. The van der Waals surface area contributed by atoms with Crippen molar-refractivity contribution in [1.29, 1.82) is 0 Å².